The molecule has 0 aromatic heterocycles. The molecular formula is C16H16O9. The van der Waals surface area contributed by atoms with Gasteiger partial charge in [-0.25, -0.2) is 9.59 Å². The van der Waals surface area contributed by atoms with E-state index in [-0.39, 0.29) is 0 Å². The normalized spacial score (nSPS) is 24.3. The number of carbonyl (C=O) groups excluding carboxylic acids is 4. The molecule has 1 fully saturated rings. The molecule has 9 nitrogen and oxygen atoms in total. The summed E-state index contributed by atoms with van der Waals surface area (Å²) in [7, 11) is 0. The lowest BCUT2D eigenvalue weighted by Crippen LogP contribution is -2.40. The summed E-state index contributed by atoms with van der Waals surface area (Å²) in [6.45, 7) is 12.8. The Morgan fingerprint density at radius 3 is 1.16 bits per heavy atom. The Morgan fingerprint density at radius 1 is 0.600 bits per heavy atom. The van der Waals surface area contributed by atoms with Crippen LogP contribution in [0, 0.1) is 11.8 Å². The predicted octanol–water partition coefficient (Wildman–Crippen LogP) is 0.733. The molecule has 1 heterocycles. The second kappa shape index (κ2) is 9.18. The summed E-state index contributed by atoms with van der Waals surface area (Å²) in [6.07, 6.45) is -0.0971. The minimum Gasteiger partial charge on any atom is -0.435 e. The Morgan fingerprint density at radius 2 is 0.880 bits per heavy atom. The zero-order chi connectivity index (χ0) is 19.0. The van der Waals surface area contributed by atoms with Crippen LogP contribution in [-0.2, 0) is 42.9 Å². The number of ether oxygens (including phenoxy) is 5. The lowest BCUT2D eigenvalue weighted by Gasteiger charge is -2.18. The molecular weight excluding hydrogens is 336 g/mol. The number of rotatable bonds is 8. The first-order valence-corrected chi connectivity index (χ1v) is 6.83. The van der Waals surface area contributed by atoms with E-state index in [0.717, 1.165) is 25.0 Å². The van der Waals surface area contributed by atoms with Crippen LogP contribution in [0.5, 0.6) is 0 Å². The lowest BCUT2D eigenvalue weighted by molar-refractivity contribution is -0.164. The molecule has 134 valence electrons. The molecule has 0 amide bonds. The highest BCUT2D eigenvalue weighted by atomic mass is 16.6. The molecule has 9 heteroatoms. The summed E-state index contributed by atoms with van der Waals surface area (Å²) in [5, 5.41) is 0. The van der Waals surface area contributed by atoms with E-state index >= 15 is 0 Å². The molecule has 1 rings (SSSR count). The van der Waals surface area contributed by atoms with Gasteiger partial charge in [-0.15, -0.1) is 0 Å². The maximum atomic E-state index is 12.2. The second-order valence-corrected chi connectivity index (χ2v) is 4.44. The number of hydrogen-bond acceptors (Lipinski definition) is 9. The molecule has 0 aromatic carbocycles. The van der Waals surface area contributed by atoms with Gasteiger partial charge < -0.3 is 23.7 Å². The Hall–Kier alpha value is -3.20. The van der Waals surface area contributed by atoms with E-state index in [1.165, 1.54) is 0 Å². The maximum absolute atomic E-state index is 12.2. The van der Waals surface area contributed by atoms with E-state index in [1.54, 1.807) is 0 Å². The molecule has 4 unspecified atom stereocenters. The zero-order valence-corrected chi connectivity index (χ0v) is 13.1. The van der Waals surface area contributed by atoms with Crippen LogP contribution in [0.2, 0.25) is 0 Å². The average molecular weight is 352 g/mol. The summed E-state index contributed by atoms with van der Waals surface area (Å²) < 4.78 is 23.7. The predicted molar refractivity (Wildman–Crippen MR) is 80.8 cm³/mol. The number of hydrogen-bond donors (Lipinski definition) is 0. The highest BCUT2D eigenvalue weighted by molar-refractivity contribution is 5.94. The van der Waals surface area contributed by atoms with Crippen LogP contribution in [0.25, 0.3) is 0 Å². The van der Waals surface area contributed by atoms with Crippen LogP contribution in [0.3, 0.4) is 0 Å². The van der Waals surface area contributed by atoms with Crippen LogP contribution in [0.1, 0.15) is 0 Å². The van der Waals surface area contributed by atoms with Gasteiger partial charge in [0.2, 0.25) is 0 Å². The van der Waals surface area contributed by atoms with E-state index in [4.69, 9.17) is 4.74 Å². The third-order valence-corrected chi connectivity index (χ3v) is 3.14. The third kappa shape index (κ3) is 4.42. The molecule has 0 spiro atoms. The van der Waals surface area contributed by atoms with Crippen molar-refractivity contribution < 1.29 is 42.9 Å². The summed E-state index contributed by atoms with van der Waals surface area (Å²) in [4.78, 5) is 48.4. The van der Waals surface area contributed by atoms with Crippen LogP contribution >= 0.6 is 0 Å². The van der Waals surface area contributed by atoms with Gasteiger partial charge in [0.1, 0.15) is 11.8 Å². The van der Waals surface area contributed by atoms with E-state index in [1.807, 2.05) is 0 Å². The Kier molecular flexibility index (Phi) is 7.29. The maximum Gasteiger partial charge on any atom is 0.341 e. The Bertz CT molecular complexity index is 555. The summed E-state index contributed by atoms with van der Waals surface area (Å²) >= 11 is 0. The molecule has 4 atom stereocenters. The fraction of sp³-hybridized carbons (Fsp3) is 0.250. The van der Waals surface area contributed by atoms with Gasteiger partial charge in [-0.1, -0.05) is 26.3 Å². The highest BCUT2D eigenvalue weighted by Crippen LogP contribution is 2.36. The van der Waals surface area contributed by atoms with Crippen molar-refractivity contribution in [3.05, 3.63) is 51.4 Å². The van der Waals surface area contributed by atoms with E-state index in [2.05, 4.69) is 45.3 Å². The van der Waals surface area contributed by atoms with E-state index in [0.29, 0.717) is 0 Å². The SMILES string of the molecule is C=COC(=O)C1OC(C(=O)OC=C)C(C(=O)OC=C)C1C(=O)OC=C. The van der Waals surface area contributed by atoms with Crippen molar-refractivity contribution in [1.82, 2.24) is 0 Å². The van der Waals surface area contributed by atoms with Crippen molar-refractivity contribution in [2.75, 3.05) is 0 Å². The smallest absolute Gasteiger partial charge is 0.341 e. The summed E-state index contributed by atoms with van der Waals surface area (Å²) in [6, 6.07) is 0. The van der Waals surface area contributed by atoms with E-state index in [9.17, 15) is 19.2 Å². The molecule has 0 bridgehead atoms. The van der Waals surface area contributed by atoms with Crippen molar-refractivity contribution in [1.29, 1.82) is 0 Å². The molecule has 1 aliphatic rings. The molecule has 0 aliphatic carbocycles. The third-order valence-electron chi connectivity index (χ3n) is 3.14. The standard InChI is InChI=1S/C16H16O9/c1-5-21-13(17)9-10(14(18)22-6-2)12(16(20)24-8-4)25-11(9)15(19)23-7-3/h5-12H,1-4H2. The van der Waals surface area contributed by atoms with Crippen molar-refractivity contribution in [2.45, 2.75) is 12.2 Å². The van der Waals surface area contributed by atoms with Gasteiger partial charge in [-0.2, -0.15) is 0 Å². The molecule has 0 saturated carbocycles. The fourth-order valence-electron chi connectivity index (χ4n) is 2.27. The highest BCUT2D eigenvalue weighted by Gasteiger charge is 2.59. The van der Waals surface area contributed by atoms with Gasteiger partial charge in [0.15, 0.2) is 12.2 Å². The van der Waals surface area contributed by atoms with Gasteiger partial charge in [-0.3, -0.25) is 9.59 Å². The number of carbonyl (C=O) groups is 4. The van der Waals surface area contributed by atoms with Crippen LogP contribution in [0.15, 0.2) is 51.4 Å². The minimum atomic E-state index is -1.64. The molecule has 1 aliphatic heterocycles. The van der Waals surface area contributed by atoms with Crippen LogP contribution < -0.4 is 0 Å². The van der Waals surface area contributed by atoms with Crippen LogP contribution in [-0.4, -0.2) is 36.1 Å². The largest absolute Gasteiger partial charge is 0.435 e. The van der Waals surface area contributed by atoms with Crippen molar-refractivity contribution in [3.8, 4) is 0 Å². The molecule has 0 N–H and O–H groups in total. The first kappa shape index (κ1) is 19.8. The second-order valence-electron chi connectivity index (χ2n) is 4.44. The van der Waals surface area contributed by atoms with Gasteiger partial charge in [-0.05, 0) is 0 Å². The van der Waals surface area contributed by atoms with Crippen molar-refractivity contribution in [3.63, 3.8) is 0 Å². The average Bonchev–Trinajstić information content (AvgIpc) is 2.96. The first-order chi connectivity index (χ1) is 11.9. The molecule has 1 saturated heterocycles. The van der Waals surface area contributed by atoms with Crippen LogP contribution in [0.4, 0.5) is 0 Å². The van der Waals surface area contributed by atoms with Crippen molar-refractivity contribution in [2.24, 2.45) is 11.8 Å². The minimum absolute atomic E-state index is 0.795. The quantitative estimate of drug-likeness (QED) is 0.354. The Labute approximate surface area is 143 Å². The monoisotopic (exact) mass is 352 g/mol. The van der Waals surface area contributed by atoms with Gasteiger partial charge >= 0.3 is 23.9 Å². The lowest BCUT2D eigenvalue weighted by atomic mass is 9.86. The number of esters is 4. The first-order valence-electron chi connectivity index (χ1n) is 6.83. The fourth-order valence-corrected chi connectivity index (χ4v) is 2.27. The van der Waals surface area contributed by atoms with E-state index < -0.39 is 47.9 Å². The summed E-state index contributed by atoms with van der Waals surface area (Å²) in [5.74, 6) is -7.35. The molecule has 0 radical (unpaired) electrons. The van der Waals surface area contributed by atoms with Crippen molar-refractivity contribution >= 4 is 23.9 Å². The molecule has 25 heavy (non-hydrogen) atoms. The zero-order valence-electron chi connectivity index (χ0n) is 13.1. The summed E-state index contributed by atoms with van der Waals surface area (Å²) in [5.41, 5.74) is 0. The molecule has 0 aromatic rings. The topological polar surface area (TPSA) is 114 Å². The van der Waals surface area contributed by atoms with Gasteiger partial charge in [0.05, 0.1) is 25.0 Å². The Balaban J connectivity index is 3.34. The van der Waals surface area contributed by atoms with Gasteiger partial charge in [0.25, 0.3) is 0 Å². The van der Waals surface area contributed by atoms with Gasteiger partial charge in [0, 0.05) is 0 Å².